The van der Waals surface area contributed by atoms with Crippen LogP contribution in [0.15, 0.2) is 4.99 Å². The van der Waals surface area contributed by atoms with Crippen molar-refractivity contribution < 1.29 is 13.2 Å². The summed E-state index contributed by atoms with van der Waals surface area (Å²) in [5.41, 5.74) is 0.153. The number of aliphatic imine (C=N–C) groups is 1. The molecule has 2 rings (SSSR count). The zero-order chi connectivity index (χ0) is 17.6. The van der Waals surface area contributed by atoms with E-state index < -0.39 is 10.0 Å². The highest BCUT2D eigenvalue weighted by molar-refractivity contribution is 14.0. The second-order valence-corrected chi connectivity index (χ2v) is 9.22. The molecule has 0 atom stereocenters. The molecule has 25 heavy (non-hydrogen) atoms. The number of ether oxygens (including phenoxy) is 1. The van der Waals surface area contributed by atoms with E-state index in [0.717, 1.165) is 45.1 Å². The van der Waals surface area contributed by atoms with E-state index in [4.69, 9.17) is 4.74 Å². The Hall–Kier alpha value is -0.130. The van der Waals surface area contributed by atoms with Crippen LogP contribution in [0.25, 0.3) is 0 Å². The van der Waals surface area contributed by atoms with Crippen molar-refractivity contribution in [3.8, 4) is 0 Å². The van der Waals surface area contributed by atoms with Gasteiger partial charge in [0.05, 0.1) is 25.5 Å². The summed E-state index contributed by atoms with van der Waals surface area (Å²) in [6.45, 7) is 10.4. The fourth-order valence-electron chi connectivity index (χ4n) is 2.99. The molecule has 0 aromatic rings. The van der Waals surface area contributed by atoms with Crippen LogP contribution in [0, 0.1) is 5.41 Å². The average Bonchev–Trinajstić information content (AvgIpc) is 2.51. The van der Waals surface area contributed by atoms with Crippen LogP contribution in [0.5, 0.6) is 0 Å². The third kappa shape index (κ3) is 6.84. The van der Waals surface area contributed by atoms with Crippen LogP contribution < -0.4 is 10.6 Å². The van der Waals surface area contributed by atoms with E-state index in [2.05, 4.69) is 22.5 Å². The molecule has 0 unspecified atom stereocenters. The highest BCUT2D eigenvalue weighted by Crippen LogP contribution is 2.26. The van der Waals surface area contributed by atoms with E-state index in [1.54, 1.807) is 4.31 Å². The number of hydrogen-bond donors (Lipinski definition) is 2. The summed E-state index contributed by atoms with van der Waals surface area (Å²) in [6, 6.07) is 0.265. The minimum atomic E-state index is -3.08. The molecule has 0 radical (unpaired) electrons. The highest BCUT2D eigenvalue weighted by atomic mass is 127. The number of sulfonamides is 1. The van der Waals surface area contributed by atoms with Crippen molar-refractivity contribution in [3.63, 3.8) is 0 Å². The zero-order valence-corrected chi connectivity index (χ0v) is 18.7. The van der Waals surface area contributed by atoms with Crippen LogP contribution in [0.1, 0.15) is 40.0 Å². The maximum Gasteiger partial charge on any atom is 0.214 e. The van der Waals surface area contributed by atoms with Crippen LogP contribution in [0.2, 0.25) is 0 Å². The molecule has 0 saturated carbocycles. The van der Waals surface area contributed by atoms with Gasteiger partial charge in [-0.25, -0.2) is 12.7 Å². The molecular formula is C16H33IN4O3S. The van der Waals surface area contributed by atoms with Gasteiger partial charge in [0.2, 0.25) is 10.0 Å². The molecule has 2 fully saturated rings. The van der Waals surface area contributed by atoms with E-state index in [1.807, 2.05) is 13.8 Å². The molecule has 7 nitrogen and oxygen atoms in total. The molecule has 2 heterocycles. The van der Waals surface area contributed by atoms with Crippen molar-refractivity contribution in [1.82, 2.24) is 14.9 Å². The Bertz CT molecular complexity index is 529. The first-order chi connectivity index (χ1) is 11.4. The molecule has 0 amide bonds. The molecule has 2 saturated heterocycles. The summed E-state index contributed by atoms with van der Waals surface area (Å²) in [5.74, 6) is 1.07. The predicted molar refractivity (Wildman–Crippen MR) is 112 cm³/mol. The molecule has 0 aromatic heterocycles. The highest BCUT2D eigenvalue weighted by Gasteiger charge is 2.33. The Morgan fingerprint density at radius 1 is 1.28 bits per heavy atom. The van der Waals surface area contributed by atoms with Crippen LogP contribution in [0.3, 0.4) is 0 Å². The lowest BCUT2D eigenvalue weighted by molar-refractivity contribution is -0.0945. The van der Waals surface area contributed by atoms with Gasteiger partial charge in [-0.3, -0.25) is 4.99 Å². The lowest BCUT2D eigenvalue weighted by Crippen LogP contribution is -2.50. The fraction of sp³-hybridized carbons (Fsp3) is 0.938. The summed E-state index contributed by atoms with van der Waals surface area (Å²) in [5, 5.41) is 6.74. The Balaban J connectivity index is 0.00000312. The minimum absolute atomic E-state index is 0. The zero-order valence-electron chi connectivity index (χ0n) is 15.6. The van der Waals surface area contributed by atoms with Gasteiger partial charge in [0.15, 0.2) is 5.96 Å². The van der Waals surface area contributed by atoms with Gasteiger partial charge in [-0.1, -0.05) is 13.8 Å². The monoisotopic (exact) mass is 488 g/mol. The quantitative estimate of drug-likeness (QED) is 0.322. The maximum atomic E-state index is 12.1. The number of nitrogens with zero attached hydrogens (tertiary/aromatic N) is 2. The van der Waals surface area contributed by atoms with Gasteiger partial charge >= 0.3 is 0 Å². The summed E-state index contributed by atoms with van der Waals surface area (Å²) in [4.78, 5) is 4.68. The lowest BCUT2D eigenvalue weighted by atomic mass is 9.89. The van der Waals surface area contributed by atoms with Crippen LogP contribution in [-0.4, -0.2) is 69.9 Å². The first-order valence-corrected chi connectivity index (χ1v) is 10.6. The van der Waals surface area contributed by atoms with E-state index in [0.29, 0.717) is 19.5 Å². The summed E-state index contributed by atoms with van der Waals surface area (Å²) in [6.07, 6.45) is 2.29. The standard InChI is InChI=1S/C16H32N4O3S.HI/c1-4-10-24(21,22)20-8-6-14(7-9-20)19-15(17-5-2)18-11-16(3)12-23-13-16;/h14H,4-13H2,1-3H3,(H2,17,18,19);1H. The number of nitrogens with one attached hydrogen (secondary N) is 2. The summed E-state index contributed by atoms with van der Waals surface area (Å²) in [7, 11) is -3.08. The third-order valence-corrected chi connectivity index (χ3v) is 6.59. The molecule has 2 aliphatic rings. The average molecular weight is 488 g/mol. The number of rotatable bonds is 7. The topological polar surface area (TPSA) is 83.0 Å². The molecule has 0 aromatic carbocycles. The van der Waals surface area contributed by atoms with Crippen LogP contribution in [0.4, 0.5) is 0 Å². The Morgan fingerprint density at radius 3 is 2.40 bits per heavy atom. The molecule has 148 valence electrons. The predicted octanol–water partition coefficient (Wildman–Crippen LogP) is 1.40. The van der Waals surface area contributed by atoms with Crippen molar-refractivity contribution >= 4 is 40.0 Å². The van der Waals surface area contributed by atoms with Crippen molar-refractivity contribution in [2.45, 2.75) is 46.1 Å². The molecule has 0 aliphatic carbocycles. The van der Waals surface area contributed by atoms with Crippen LogP contribution >= 0.6 is 24.0 Å². The normalized spacial score (nSPS) is 22.0. The van der Waals surface area contributed by atoms with E-state index >= 15 is 0 Å². The van der Waals surface area contributed by atoms with Crippen molar-refractivity contribution in [2.75, 3.05) is 45.1 Å². The van der Waals surface area contributed by atoms with Gasteiger partial charge < -0.3 is 15.4 Å². The van der Waals surface area contributed by atoms with E-state index in [-0.39, 0.29) is 41.2 Å². The van der Waals surface area contributed by atoms with Gasteiger partial charge in [0, 0.05) is 31.1 Å². The number of piperidine rings is 1. The van der Waals surface area contributed by atoms with E-state index in [9.17, 15) is 8.42 Å². The molecule has 0 spiro atoms. The van der Waals surface area contributed by atoms with Crippen LogP contribution in [-0.2, 0) is 14.8 Å². The van der Waals surface area contributed by atoms with E-state index in [1.165, 1.54) is 0 Å². The Kier molecular flexibility index (Phi) is 9.41. The van der Waals surface area contributed by atoms with Crippen molar-refractivity contribution in [3.05, 3.63) is 0 Å². The second kappa shape index (κ2) is 10.3. The summed E-state index contributed by atoms with van der Waals surface area (Å²) >= 11 is 0. The lowest BCUT2D eigenvalue weighted by Gasteiger charge is -2.37. The molecule has 2 N–H and O–H groups in total. The SMILES string of the molecule is CCCS(=O)(=O)N1CCC(NC(=NCC2(C)COC2)NCC)CC1.I. The minimum Gasteiger partial charge on any atom is -0.380 e. The molecule has 0 bridgehead atoms. The van der Waals surface area contributed by atoms with Gasteiger partial charge in [-0.2, -0.15) is 0 Å². The molecule has 9 heteroatoms. The first kappa shape index (κ1) is 22.9. The second-order valence-electron chi connectivity index (χ2n) is 7.13. The van der Waals surface area contributed by atoms with Crippen molar-refractivity contribution in [2.24, 2.45) is 10.4 Å². The fourth-order valence-corrected chi connectivity index (χ4v) is 4.53. The Labute approximate surface area is 169 Å². The first-order valence-electron chi connectivity index (χ1n) is 8.99. The number of halogens is 1. The third-order valence-electron chi connectivity index (χ3n) is 4.51. The molecular weight excluding hydrogens is 455 g/mol. The van der Waals surface area contributed by atoms with Gasteiger partial charge in [-0.05, 0) is 26.2 Å². The Morgan fingerprint density at radius 2 is 1.92 bits per heavy atom. The summed E-state index contributed by atoms with van der Waals surface area (Å²) < 4.78 is 31.2. The smallest absolute Gasteiger partial charge is 0.214 e. The van der Waals surface area contributed by atoms with Gasteiger partial charge in [0.25, 0.3) is 0 Å². The number of hydrogen-bond acceptors (Lipinski definition) is 4. The van der Waals surface area contributed by atoms with Crippen molar-refractivity contribution in [1.29, 1.82) is 0 Å². The number of guanidine groups is 1. The molecule has 2 aliphatic heterocycles. The maximum absolute atomic E-state index is 12.1. The largest absolute Gasteiger partial charge is 0.380 e. The van der Waals surface area contributed by atoms with Gasteiger partial charge in [-0.15, -0.1) is 24.0 Å². The van der Waals surface area contributed by atoms with Gasteiger partial charge in [0.1, 0.15) is 0 Å².